The maximum absolute atomic E-state index is 8.49. The third kappa shape index (κ3) is 4.81. The number of rotatable bonds is 7. The summed E-state index contributed by atoms with van der Waals surface area (Å²) in [4.78, 5) is 4.34. The van der Waals surface area contributed by atoms with Crippen LogP contribution in [-0.4, -0.2) is 11.6 Å². The van der Waals surface area contributed by atoms with Crippen LogP contribution >= 0.6 is 0 Å². The quantitative estimate of drug-likeness (QED) is 0.781. The van der Waals surface area contributed by atoms with Crippen LogP contribution in [0.2, 0.25) is 0 Å². The van der Waals surface area contributed by atoms with Crippen LogP contribution in [0, 0.1) is 11.3 Å². The Morgan fingerprint density at radius 1 is 1.29 bits per heavy atom. The van der Waals surface area contributed by atoms with E-state index in [1.54, 1.807) is 6.20 Å². The number of aromatic nitrogens is 1. The lowest BCUT2D eigenvalue weighted by atomic mass is 10.2. The molecule has 0 saturated heterocycles. The van der Waals surface area contributed by atoms with Gasteiger partial charge in [-0.2, -0.15) is 5.26 Å². The lowest BCUT2D eigenvalue weighted by Crippen LogP contribution is -2.08. The summed E-state index contributed by atoms with van der Waals surface area (Å²) in [6.07, 6.45) is 3.06. The van der Waals surface area contributed by atoms with E-state index in [9.17, 15) is 0 Å². The third-order valence-corrected chi connectivity index (χ3v) is 3.05. The maximum atomic E-state index is 8.49. The zero-order valence-corrected chi connectivity index (χ0v) is 12.1. The van der Waals surface area contributed by atoms with E-state index >= 15 is 0 Å². The van der Waals surface area contributed by atoms with Crippen LogP contribution < -0.4 is 10.1 Å². The number of anilines is 1. The number of nitrogens with one attached hydrogen (secondary N) is 1. The van der Waals surface area contributed by atoms with Gasteiger partial charge in [-0.1, -0.05) is 12.1 Å². The zero-order chi connectivity index (χ0) is 14.9. The monoisotopic (exact) mass is 281 g/mol. The molecular formula is C17H19N3O. The molecule has 2 rings (SSSR count). The van der Waals surface area contributed by atoms with Crippen molar-refractivity contribution in [3.63, 3.8) is 0 Å². The fourth-order valence-electron chi connectivity index (χ4n) is 1.97. The van der Waals surface area contributed by atoms with E-state index in [2.05, 4.69) is 23.3 Å². The highest BCUT2D eigenvalue weighted by molar-refractivity contribution is 5.49. The molecule has 0 saturated carbocycles. The van der Waals surface area contributed by atoms with Crippen molar-refractivity contribution in [3.8, 4) is 11.8 Å². The molecule has 4 nitrogen and oxygen atoms in total. The lowest BCUT2D eigenvalue weighted by Gasteiger charge is -2.15. The highest BCUT2D eigenvalue weighted by atomic mass is 16.5. The molecule has 1 aromatic carbocycles. The fraction of sp³-hybridized carbons (Fsp3) is 0.294. The summed E-state index contributed by atoms with van der Waals surface area (Å²) < 4.78 is 5.63. The van der Waals surface area contributed by atoms with Crippen LogP contribution in [0.5, 0.6) is 5.75 Å². The minimum absolute atomic E-state index is 0.125. The molecule has 4 heteroatoms. The molecule has 0 fully saturated rings. The van der Waals surface area contributed by atoms with Gasteiger partial charge in [0.15, 0.2) is 0 Å². The molecule has 0 aliphatic rings. The van der Waals surface area contributed by atoms with E-state index in [1.807, 2.05) is 42.5 Å². The Kier molecular flexibility index (Phi) is 5.60. The molecule has 1 unspecified atom stereocenters. The zero-order valence-electron chi connectivity index (χ0n) is 12.1. The van der Waals surface area contributed by atoms with Crippen molar-refractivity contribution in [1.29, 1.82) is 5.26 Å². The molecule has 21 heavy (non-hydrogen) atoms. The Bertz CT molecular complexity index is 592. The molecule has 108 valence electrons. The predicted octanol–water partition coefficient (Wildman–Crippen LogP) is 3.94. The maximum Gasteiger partial charge on any atom is 0.121 e. The van der Waals surface area contributed by atoms with Crippen LogP contribution in [0.4, 0.5) is 5.69 Å². The van der Waals surface area contributed by atoms with Crippen LogP contribution in [0.15, 0.2) is 48.7 Å². The summed E-state index contributed by atoms with van der Waals surface area (Å²) in [7, 11) is 0. The van der Waals surface area contributed by atoms with E-state index in [-0.39, 0.29) is 6.04 Å². The Labute approximate surface area is 125 Å². The van der Waals surface area contributed by atoms with Crippen molar-refractivity contribution < 1.29 is 4.74 Å². The molecule has 0 aliphatic carbocycles. The minimum Gasteiger partial charge on any atom is -0.493 e. The first-order valence-electron chi connectivity index (χ1n) is 7.07. The number of nitriles is 1. The molecule has 0 aliphatic heterocycles. The Morgan fingerprint density at radius 3 is 2.95 bits per heavy atom. The normalized spacial score (nSPS) is 11.4. The number of hydrogen-bond acceptors (Lipinski definition) is 4. The van der Waals surface area contributed by atoms with Gasteiger partial charge in [0, 0.05) is 24.4 Å². The van der Waals surface area contributed by atoms with Crippen molar-refractivity contribution in [3.05, 3.63) is 54.4 Å². The molecule has 0 amide bonds. The van der Waals surface area contributed by atoms with Crippen LogP contribution in [0.1, 0.15) is 31.5 Å². The third-order valence-electron chi connectivity index (χ3n) is 3.05. The molecule has 0 bridgehead atoms. The van der Waals surface area contributed by atoms with Crippen molar-refractivity contribution in [2.24, 2.45) is 0 Å². The Balaban J connectivity index is 1.93. The summed E-state index contributed by atoms with van der Waals surface area (Å²) in [5.41, 5.74) is 1.99. The average molecular weight is 281 g/mol. The van der Waals surface area contributed by atoms with E-state index < -0.39 is 0 Å². The van der Waals surface area contributed by atoms with Gasteiger partial charge in [0.05, 0.1) is 24.4 Å². The van der Waals surface area contributed by atoms with Crippen LogP contribution in [0.25, 0.3) is 0 Å². The molecular weight excluding hydrogens is 262 g/mol. The highest BCUT2D eigenvalue weighted by Crippen LogP contribution is 2.22. The van der Waals surface area contributed by atoms with E-state index in [1.165, 1.54) is 0 Å². The smallest absolute Gasteiger partial charge is 0.121 e. The summed E-state index contributed by atoms with van der Waals surface area (Å²) in [5.74, 6) is 0.811. The second kappa shape index (κ2) is 7.91. The minimum atomic E-state index is 0.125. The first-order chi connectivity index (χ1) is 10.3. The standard InChI is InChI=1S/C17H19N3O/c1-14(17-9-2-4-11-19-17)20-15-7-6-8-16(13-15)21-12-5-3-10-18/h2,4,6-9,11,13-14,20H,3,5,12H2,1H3. The van der Waals surface area contributed by atoms with Gasteiger partial charge in [0.25, 0.3) is 0 Å². The summed E-state index contributed by atoms with van der Waals surface area (Å²) in [6, 6.07) is 16.0. The first-order valence-corrected chi connectivity index (χ1v) is 7.07. The van der Waals surface area contributed by atoms with E-state index in [0.29, 0.717) is 13.0 Å². The van der Waals surface area contributed by atoms with Gasteiger partial charge < -0.3 is 10.1 Å². The van der Waals surface area contributed by atoms with E-state index in [0.717, 1.165) is 23.6 Å². The molecule has 0 spiro atoms. The number of ether oxygens (including phenoxy) is 1. The number of pyridine rings is 1. The van der Waals surface area contributed by atoms with Gasteiger partial charge in [0.1, 0.15) is 5.75 Å². The number of benzene rings is 1. The van der Waals surface area contributed by atoms with Gasteiger partial charge in [-0.3, -0.25) is 4.98 Å². The molecule has 1 atom stereocenters. The van der Waals surface area contributed by atoms with Gasteiger partial charge in [-0.05, 0) is 37.6 Å². The van der Waals surface area contributed by atoms with Crippen molar-refractivity contribution in [2.45, 2.75) is 25.8 Å². The Morgan fingerprint density at radius 2 is 2.19 bits per heavy atom. The molecule has 1 aromatic heterocycles. The molecule has 2 aromatic rings. The largest absolute Gasteiger partial charge is 0.493 e. The second-order valence-corrected chi connectivity index (χ2v) is 4.76. The summed E-state index contributed by atoms with van der Waals surface area (Å²) in [6.45, 7) is 2.63. The molecule has 0 radical (unpaired) electrons. The molecule has 1 heterocycles. The number of unbranched alkanes of at least 4 members (excludes halogenated alkanes) is 1. The first kappa shape index (κ1) is 14.9. The second-order valence-electron chi connectivity index (χ2n) is 4.76. The van der Waals surface area contributed by atoms with Crippen LogP contribution in [0.3, 0.4) is 0 Å². The lowest BCUT2D eigenvalue weighted by molar-refractivity contribution is 0.313. The SMILES string of the molecule is CC(Nc1cccc(OCCCC#N)c1)c1ccccn1. The fourth-order valence-corrected chi connectivity index (χ4v) is 1.97. The Hall–Kier alpha value is -2.54. The topological polar surface area (TPSA) is 57.9 Å². The van der Waals surface area contributed by atoms with Crippen molar-refractivity contribution in [2.75, 3.05) is 11.9 Å². The molecule has 1 N–H and O–H groups in total. The van der Waals surface area contributed by atoms with Gasteiger partial charge in [-0.25, -0.2) is 0 Å². The number of hydrogen-bond donors (Lipinski definition) is 1. The van der Waals surface area contributed by atoms with Crippen LogP contribution in [-0.2, 0) is 0 Å². The van der Waals surface area contributed by atoms with Crippen molar-refractivity contribution >= 4 is 5.69 Å². The van der Waals surface area contributed by atoms with Gasteiger partial charge in [-0.15, -0.1) is 0 Å². The number of nitrogens with zero attached hydrogens (tertiary/aromatic N) is 2. The highest BCUT2D eigenvalue weighted by Gasteiger charge is 2.06. The van der Waals surface area contributed by atoms with Crippen molar-refractivity contribution in [1.82, 2.24) is 4.98 Å². The van der Waals surface area contributed by atoms with Gasteiger partial charge >= 0.3 is 0 Å². The van der Waals surface area contributed by atoms with Gasteiger partial charge in [0.2, 0.25) is 0 Å². The summed E-state index contributed by atoms with van der Waals surface area (Å²) >= 11 is 0. The van der Waals surface area contributed by atoms with E-state index in [4.69, 9.17) is 10.00 Å². The predicted molar refractivity (Wildman–Crippen MR) is 83.1 cm³/mol. The summed E-state index contributed by atoms with van der Waals surface area (Å²) in [5, 5.41) is 11.9. The average Bonchev–Trinajstić information content (AvgIpc) is 2.53.